The second kappa shape index (κ2) is 7.29. The SMILES string of the molecule is O=C1NN(c2ccccc2)C(=O)/C1=C\c1ccc(-c2ccc(Cl)cc2C(=O)[O-])o1. The Bertz CT molecular complexity index is 1170. The van der Waals surface area contributed by atoms with Crippen LogP contribution in [-0.2, 0) is 9.59 Å². The van der Waals surface area contributed by atoms with E-state index in [0.29, 0.717) is 5.69 Å². The number of aromatic carboxylic acids is 1. The van der Waals surface area contributed by atoms with Crippen LogP contribution in [-0.4, -0.2) is 17.8 Å². The van der Waals surface area contributed by atoms with Crippen molar-refractivity contribution in [2.75, 3.05) is 5.01 Å². The Morgan fingerprint density at radius 1 is 1.07 bits per heavy atom. The molecule has 1 aliphatic heterocycles. The average Bonchev–Trinajstić information content (AvgIpc) is 3.28. The van der Waals surface area contributed by atoms with E-state index in [2.05, 4.69) is 5.43 Å². The smallest absolute Gasteiger partial charge is 0.282 e. The first-order valence-electron chi connectivity index (χ1n) is 8.47. The number of carbonyl (C=O) groups excluding carboxylic acids is 3. The van der Waals surface area contributed by atoms with Crippen molar-refractivity contribution in [2.45, 2.75) is 0 Å². The van der Waals surface area contributed by atoms with Crippen LogP contribution in [0.1, 0.15) is 16.1 Å². The van der Waals surface area contributed by atoms with Crippen molar-refractivity contribution < 1.29 is 23.9 Å². The van der Waals surface area contributed by atoms with Gasteiger partial charge in [-0.3, -0.25) is 15.0 Å². The average molecular weight is 408 g/mol. The number of carboxylic acid groups (broad SMARTS) is 1. The topological polar surface area (TPSA) is 103 Å². The van der Waals surface area contributed by atoms with E-state index >= 15 is 0 Å². The summed E-state index contributed by atoms with van der Waals surface area (Å²) in [5.41, 5.74) is 3.05. The summed E-state index contributed by atoms with van der Waals surface area (Å²) in [6.45, 7) is 0. The van der Waals surface area contributed by atoms with Gasteiger partial charge >= 0.3 is 0 Å². The van der Waals surface area contributed by atoms with E-state index in [1.165, 1.54) is 36.4 Å². The molecular weight excluding hydrogens is 396 g/mol. The van der Waals surface area contributed by atoms with Gasteiger partial charge in [-0.25, -0.2) is 5.01 Å². The number of hydrogen-bond acceptors (Lipinski definition) is 5. The number of hydrazine groups is 1. The predicted molar refractivity (Wildman–Crippen MR) is 104 cm³/mol. The highest BCUT2D eigenvalue weighted by molar-refractivity contribution is 6.31. The lowest BCUT2D eigenvalue weighted by molar-refractivity contribution is -0.255. The summed E-state index contributed by atoms with van der Waals surface area (Å²) in [5.74, 6) is -2.05. The number of carbonyl (C=O) groups is 3. The van der Waals surface area contributed by atoms with E-state index in [1.54, 1.807) is 30.3 Å². The Kier molecular flexibility index (Phi) is 4.66. The molecule has 1 N–H and O–H groups in total. The van der Waals surface area contributed by atoms with Gasteiger partial charge in [-0.2, -0.15) is 0 Å². The Morgan fingerprint density at radius 3 is 2.55 bits per heavy atom. The van der Waals surface area contributed by atoms with Crippen molar-refractivity contribution in [1.29, 1.82) is 0 Å². The molecule has 2 heterocycles. The Labute approximate surface area is 169 Å². The molecule has 0 saturated carbocycles. The zero-order valence-corrected chi connectivity index (χ0v) is 15.5. The molecule has 1 aliphatic rings. The number of nitrogens with zero attached hydrogens (tertiary/aromatic N) is 1. The molecule has 2 amide bonds. The van der Waals surface area contributed by atoms with Gasteiger partial charge in [0.1, 0.15) is 17.1 Å². The second-order valence-electron chi connectivity index (χ2n) is 6.15. The van der Waals surface area contributed by atoms with Crippen LogP contribution < -0.4 is 15.5 Å². The molecule has 29 heavy (non-hydrogen) atoms. The summed E-state index contributed by atoms with van der Waals surface area (Å²) in [6.07, 6.45) is 1.30. The van der Waals surface area contributed by atoms with Crippen LogP contribution in [0.25, 0.3) is 17.4 Å². The lowest BCUT2D eigenvalue weighted by Crippen LogP contribution is -2.35. The predicted octanol–water partition coefficient (Wildman–Crippen LogP) is 2.42. The van der Waals surface area contributed by atoms with Gasteiger partial charge in [0, 0.05) is 16.1 Å². The van der Waals surface area contributed by atoms with Gasteiger partial charge in [0.2, 0.25) is 0 Å². The van der Waals surface area contributed by atoms with Crippen LogP contribution in [0.15, 0.2) is 70.7 Å². The summed E-state index contributed by atoms with van der Waals surface area (Å²) >= 11 is 5.85. The third kappa shape index (κ3) is 3.51. The maximum Gasteiger partial charge on any atom is 0.282 e. The van der Waals surface area contributed by atoms with E-state index in [1.807, 2.05) is 0 Å². The first kappa shape index (κ1) is 18.5. The van der Waals surface area contributed by atoms with E-state index in [9.17, 15) is 19.5 Å². The number of furan rings is 1. The van der Waals surface area contributed by atoms with Gasteiger partial charge in [0.05, 0.1) is 11.7 Å². The molecule has 0 atom stereocenters. The minimum absolute atomic E-state index is 0.106. The molecular formula is C21H12ClN2O5-. The van der Waals surface area contributed by atoms with Gasteiger partial charge in [0.15, 0.2) is 0 Å². The first-order chi connectivity index (χ1) is 13.9. The lowest BCUT2D eigenvalue weighted by atomic mass is 10.1. The monoisotopic (exact) mass is 407 g/mol. The first-order valence-corrected chi connectivity index (χ1v) is 8.85. The van der Waals surface area contributed by atoms with Gasteiger partial charge < -0.3 is 14.3 Å². The van der Waals surface area contributed by atoms with Crippen molar-refractivity contribution in [3.05, 3.63) is 82.6 Å². The number of carboxylic acids is 1. The fourth-order valence-corrected chi connectivity index (χ4v) is 3.11. The van der Waals surface area contributed by atoms with Crippen LogP contribution in [0, 0.1) is 0 Å². The van der Waals surface area contributed by atoms with Crippen LogP contribution in [0.3, 0.4) is 0 Å². The van der Waals surface area contributed by atoms with Crippen molar-refractivity contribution in [2.24, 2.45) is 0 Å². The number of nitrogens with one attached hydrogen (secondary N) is 1. The zero-order valence-electron chi connectivity index (χ0n) is 14.7. The highest BCUT2D eigenvalue weighted by Gasteiger charge is 2.34. The van der Waals surface area contributed by atoms with Crippen molar-refractivity contribution in [3.63, 3.8) is 0 Å². The van der Waals surface area contributed by atoms with E-state index in [-0.39, 0.29) is 33.2 Å². The zero-order chi connectivity index (χ0) is 20.5. The number of anilines is 1. The molecule has 4 rings (SSSR count). The Morgan fingerprint density at radius 2 is 1.83 bits per heavy atom. The van der Waals surface area contributed by atoms with Gasteiger partial charge in [-0.1, -0.05) is 29.8 Å². The largest absolute Gasteiger partial charge is 0.545 e. The molecule has 144 valence electrons. The van der Waals surface area contributed by atoms with E-state index in [4.69, 9.17) is 16.0 Å². The fraction of sp³-hybridized carbons (Fsp3) is 0. The van der Waals surface area contributed by atoms with Gasteiger partial charge in [-0.05, 0) is 48.5 Å². The lowest BCUT2D eigenvalue weighted by Gasteiger charge is -2.13. The normalized spacial score (nSPS) is 15.1. The number of benzene rings is 2. The standard InChI is InChI=1S/C21H13ClN2O5/c22-12-6-8-15(16(10-12)21(27)28)18-9-7-14(29-18)11-17-19(25)23-24(20(17)26)13-4-2-1-3-5-13/h1-11H,(H,23,25)(H,27,28)/p-1/b17-11-. The highest BCUT2D eigenvalue weighted by atomic mass is 35.5. The fourth-order valence-electron chi connectivity index (χ4n) is 2.93. The minimum Gasteiger partial charge on any atom is -0.545 e. The number of hydrogen-bond donors (Lipinski definition) is 1. The molecule has 0 aliphatic carbocycles. The molecule has 1 aromatic heterocycles. The molecule has 1 fully saturated rings. The summed E-state index contributed by atoms with van der Waals surface area (Å²) < 4.78 is 5.64. The third-order valence-corrected chi connectivity index (χ3v) is 4.52. The quantitative estimate of drug-likeness (QED) is 0.528. The van der Waals surface area contributed by atoms with Gasteiger partial charge in [-0.15, -0.1) is 0 Å². The third-order valence-electron chi connectivity index (χ3n) is 4.29. The van der Waals surface area contributed by atoms with Crippen LogP contribution in [0.4, 0.5) is 5.69 Å². The molecule has 2 aromatic carbocycles. The molecule has 3 aromatic rings. The van der Waals surface area contributed by atoms with Crippen molar-refractivity contribution in [1.82, 2.24) is 5.43 Å². The molecule has 0 bridgehead atoms. The summed E-state index contributed by atoms with van der Waals surface area (Å²) in [5, 5.41) is 12.8. The van der Waals surface area contributed by atoms with Crippen molar-refractivity contribution in [3.8, 4) is 11.3 Å². The van der Waals surface area contributed by atoms with E-state index in [0.717, 1.165) is 5.01 Å². The molecule has 0 radical (unpaired) electrons. The molecule has 7 nitrogen and oxygen atoms in total. The van der Waals surface area contributed by atoms with Crippen LogP contribution >= 0.6 is 11.6 Å². The highest BCUT2D eigenvalue weighted by Crippen LogP contribution is 2.29. The summed E-state index contributed by atoms with van der Waals surface area (Å²) in [7, 11) is 0. The molecule has 0 spiro atoms. The van der Waals surface area contributed by atoms with Crippen LogP contribution in [0.5, 0.6) is 0 Å². The maximum atomic E-state index is 12.6. The Hall–Kier alpha value is -3.84. The molecule has 0 unspecified atom stereocenters. The number of halogens is 1. The van der Waals surface area contributed by atoms with Crippen molar-refractivity contribution >= 4 is 41.1 Å². The molecule has 1 saturated heterocycles. The number of para-hydroxylation sites is 1. The maximum absolute atomic E-state index is 12.6. The summed E-state index contributed by atoms with van der Waals surface area (Å²) in [6, 6.07) is 16.0. The van der Waals surface area contributed by atoms with Crippen LogP contribution in [0.2, 0.25) is 5.02 Å². The second-order valence-corrected chi connectivity index (χ2v) is 6.59. The number of amides is 2. The minimum atomic E-state index is -1.40. The molecule has 8 heteroatoms. The summed E-state index contributed by atoms with van der Waals surface area (Å²) in [4.78, 5) is 36.2. The van der Waals surface area contributed by atoms with Gasteiger partial charge in [0.25, 0.3) is 11.8 Å². The Balaban J connectivity index is 1.66. The number of rotatable bonds is 4. The van der Waals surface area contributed by atoms with E-state index < -0.39 is 17.8 Å².